The van der Waals surface area contributed by atoms with Crippen LogP contribution < -0.4 is 20.3 Å². The van der Waals surface area contributed by atoms with E-state index >= 15 is 0 Å². The number of carbonyl (C=O) groups is 2. The van der Waals surface area contributed by atoms with Gasteiger partial charge in [0.2, 0.25) is 0 Å². The summed E-state index contributed by atoms with van der Waals surface area (Å²) in [7, 11) is 1.59. The second kappa shape index (κ2) is 9.10. The number of quaternary nitrogens is 1. The van der Waals surface area contributed by atoms with Crippen molar-refractivity contribution in [1.82, 2.24) is 10.6 Å². The minimum atomic E-state index is -0.572. The van der Waals surface area contributed by atoms with E-state index in [4.69, 9.17) is 9.47 Å². The van der Waals surface area contributed by atoms with Gasteiger partial charge in [0.25, 0.3) is 0 Å². The molecule has 3 atom stereocenters. The lowest BCUT2D eigenvalue weighted by atomic mass is 9.94. The van der Waals surface area contributed by atoms with Gasteiger partial charge in [0.1, 0.15) is 12.3 Å². The molecule has 0 aliphatic carbocycles. The van der Waals surface area contributed by atoms with Crippen LogP contribution in [0.4, 0.5) is 4.79 Å². The molecule has 2 amide bonds. The molecule has 7 nitrogen and oxygen atoms in total. The minimum Gasteiger partial charge on any atom is -0.497 e. The summed E-state index contributed by atoms with van der Waals surface area (Å²) in [4.78, 5) is 26.7. The van der Waals surface area contributed by atoms with Crippen LogP contribution in [-0.4, -0.2) is 44.8 Å². The SMILES string of the molecule is CCOC(=O)C1=C(C[NH+]2CCCC[C@@H]2C)NC(=O)N[C@@H]1c1cccc(OC)c1. The molecule has 0 radical (unpaired) electrons. The molecule has 1 aromatic rings. The van der Waals surface area contributed by atoms with Crippen molar-refractivity contribution in [2.75, 3.05) is 26.8 Å². The van der Waals surface area contributed by atoms with Gasteiger partial charge in [-0.25, -0.2) is 9.59 Å². The van der Waals surface area contributed by atoms with Crippen LogP contribution in [0.5, 0.6) is 5.75 Å². The summed E-state index contributed by atoms with van der Waals surface area (Å²) in [5.41, 5.74) is 1.91. The van der Waals surface area contributed by atoms with Crippen LogP contribution in [0.25, 0.3) is 0 Å². The Balaban J connectivity index is 2.00. The number of amides is 2. The summed E-state index contributed by atoms with van der Waals surface area (Å²) in [6.07, 6.45) is 3.55. The van der Waals surface area contributed by atoms with Gasteiger partial charge in [-0.1, -0.05) is 12.1 Å². The fourth-order valence-corrected chi connectivity index (χ4v) is 4.02. The Hall–Kier alpha value is -2.54. The maximum atomic E-state index is 12.9. The molecule has 28 heavy (non-hydrogen) atoms. The van der Waals surface area contributed by atoms with Crippen molar-refractivity contribution in [3.8, 4) is 5.75 Å². The highest BCUT2D eigenvalue weighted by molar-refractivity contribution is 5.95. The Morgan fingerprint density at radius 3 is 2.86 bits per heavy atom. The first-order valence-electron chi connectivity index (χ1n) is 9.99. The molecule has 3 N–H and O–H groups in total. The first-order chi connectivity index (χ1) is 13.5. The number of rotatable bonds is 6. The quantitative estimate of drug-likeness (QED) is 0.642. The molecule has 0 aromatic heterocycles. The third kappa shape index (κ3) is 4.47. The number of nitrogens with one attached hydrogen (secondary N) is 3. The molecule has 2 aliphatic heterocycles. The highest BCUT2D eigenvalue weighted by Crippen LogP contribution is 2.29. The Labute approximate surface area is 166 Å². The smallest absolute Gasteiger partial charge is 0.338 e. The summed E-state index contributed by atoms with van der Waals surface area (Å²) in [5.74, 6) is 0.271. The molecular weight excluding hydrogens is 358 g/mol. The number of hydrogen-bond acceptors (Lipinski definition) is 4. The number of ether oxygens (including phenoxy) is 2. The topological polar surface area (TPSA) is 81.1 Å². The molecule has 1 fully saturated rings. The second-order valence-electron chi connectivity index (χ2n) is 7.40. The summed E-state index contributed by atoms with van der Waals surface area (Å²) in [6.45, 7) is 5.92. The van der Waals surface area contributed by atoms with Gasteiger partial charge in [-0.15, -0.1) is 0 Å². The Bertz CT molecular complexity index is 762. The zero-order valence-corrected chi connectivity index (χ0v) is 16.8. The Morgan fingerprint density at radius 2 is 2.14 bits per heavy atom. The lowest BCUT2D eigenvalue weighted by Gasteiger charge is -2.34. The van der Waals surface area contributed by atoms with E-state index in [1.807, 2.05) is 24.3 Å². The first-order valence-corrected chi connectivity index (χ1v) is 9.99. The number of methoxy groups -OCH3 is 1. The second-order valence-corrected chi connectivity index (χ2v) is 7.40. The van der Waals surface area contributed by atoms with Gasteiger partial charge in [-0.2, -0.15) is 0 Å². The molecular formula is C21H30N3O4+. The summed E-state index contributed by atoms with van der Waals surface area (Å²) in [6, 6.07) is 7.02. The normalized spacial score (nSPS) is 25.0. The molecule has 2 heterocycles. The molecule has 2 aliphatic rings. The predicted molar refractivity (Wildman–Crippen MR) is 105 cm³/mol. The molecule has 1 unspecified atom stereocenters. The van der Waals surface area contributed by atoms with Gasteiger partial charge in [0, 0.05) is 0 Å². The first kappa shape index (κ1) is 20.2. The van der Waals surface area contributed by atoms with E-state index < -0.39 is 12.0 Å². The highest BCUT2D eigenvalue weighted by Gasteiger charge is 2.36. The summed E-state index contributed by atoms with van der Waals surface area (Å²) < 4.78 is 10.7. The maximum absolute atomic E-state index is 12.9. The highest BCUT2D eigenvalue weighted by atomic mass is 16.5. The minimum absolute atomic E-state index is 0.279. The fourth-order valence-electron chi connectivity index (χ4n) is 4.02. The predicted octanol–water partition coefficient (Wildman–Crippen LogP) is 1.32. The van der Waals surface area contributed by atoms with Gasteiger partial charge in [0.15, 0.2) is 0 Å². The summed E-state index contributed by atoms with van der Waals surface area (Å²) >= 11 is 0. The Kier molecular flexibility index (Phi) is 6.57. The zero-order chi connectivity index (χ0) is 20.1. The van der Waals surface area contributed by atoms with Crippen molar-refractivity contribution in [1.29, 1.82) is 0 Å². The van der Waals surface area contributed by atoms with E-state index in [9.17, 15) is 9.59 Å². The molecule has 1 saturated heterocycles. The number of benzene rings is 1. The molecule has 152 valence electrons. The van der Waals surface area contributed by atoms with E-state index in [0.717, 1.165) is 24.9 Å². The number of piperidine rings is 1. The summed E-state index contributed by atoms with van der Waals surface area (Å²) in [5, 5.41) is 5.76. The number of urea groups is 1. The van der Waals surface area contributed by atoms with E-state index in [-0.39, 0.29) is 12.6 Å². The standard InChI is InChI=1S/C21H29N3O4/c1-4-28-20(25)18-17(13-24-11-6-5-8-14(24)2)22-21(26)23-19(18)15-9-7-10-16(12-15)27-3/h7,9-10,12,14,19H,4-6,8,11,13H2,1-3H3,(H2,22,23,26)/p+1/t14-,19+/m0/s1. The van der Waals surface area contributed by atoms with Gasteiger partial charge in [0.05, 0.1) is 43.6 Å². The van der Waals surface area contributed by atoms with Crippen LogP contribution >= 0.6 is 0 Å². The van der Waals surface area contributed by atoms with Crippen LogP contribution in [-0.2, 0) is 9.53 Å². The van der Waals surface area contributed by atoms with Crippen LogP contribution in [0.15, 0.2) is 35.5 Å². The van der Waals surface area contributed by atoms with Crippen LogP contribution in [0, 0.1) is 0 Å². The van der Waals surface area contributed by atoms with Crippen molar-refractivity contribution in [3.63, 3.8) is 0 Å². The fraction of sp³-hybridized carbons (Fsp3) is 0.524. The van der Waals surface area contributed by atoms with Crippen LogP contribution in [0.1, 0.15) is 44.7 Å². The van der Waals surface area contributed by atoms with Crippen molar-refractivity contribution in [3.05, 3.63) is 41.1 Å². The molecule has 1 aromatic carbocycles. The number of esters is 1. The molecule has 3 rings (SSSR count). The van der Waals surface area contributed by atoms with Gasteiger partial charge >= 0.3 is 12.0 Å². The van der Waals surface area contributed by atoms with Gasteiger partial charge in [-0.05, 0) is 50.8 Å². The van der Waals surface area contributed by atoms with Crippen molar-refractivity contribution >= 4 is 12.0 Å². The Morgan fingerprint density at radius 1 is 1.32 bits per heavy atom. The van der Waals surface area contributed by atoms with Crippen molar-refractivity contribution < 1.29 is 24.0 Å². The van der Waals surface area contributed by atoms with Crippen molar-refractivity contribution in [2.45, 2.75) is 45.2 Å². The average Bonchev–Trinajstić information content (AvgIpc) is 2.69. The average molecular weight is 388 g/mol. The third-order valence-corrected chi connectivity index (χ3v) is 5.56. The van der Waals surface area contributed by atoms with Gasteiger partial charge in [-0.3, -0.25) is 0 Å². The molecule has 7 heteroatoms. The monoisotopic (exact) mass is 388 g/mol. The van der Waals surface area contributed by atoms with E-state index in [1.54, 1.807) is 14.0 Å². The largest absolute Gasteiger partial charge is 0.497 e. The van der Waals surface area contributed by atoms with Crippen molar-refractivity contribution in [2.24, 2.45) is 0 Å². The van der Waals surface area contributed by atoms with Crippen LogP contribution in [0.2, 0.25) is 0 Å². The van der Waals surface area contributed by atoms with Gasteiger partial charge < -0.3 is 25.0 Å². The lowest BCUT2D eigenvalue weighted by Crippen LogP contribution is -3.16. The van der Waals surface area contributed by atoms with E-state index in [0.29, 0.717) is 29.6 Å². The third-order valence-electron chi connectivity index (χ3n) is 5.56. The lowest BCUT2D eigenvalue weighted by molar-refractivity contribution is -0.924. The molecule has 0 spiro atoms. The number of likely N-dealkylation sites (tertiary alicyclic amines) is 1. The zero-order valence-electron chi connectivity index (χ0n) is 16.8. The maximum Gasteiger partial charge on any atom is 0.338 e. The van der Waals surface area contributed by atoms with E-state index in [1.165, 1.54) is 11.3 Å². The number of carbonyl (C=O) groups excluding carboxylic acids is 2. The van der Waals surface area contributed by atoms with E-state index in [2.05, 4.69) is 17.6 Å². The van der Waals surface area contributed by atoms with Crippen LogP contribution in [0.3, 0.4) is 0 Å². The molecule has 0 saturated carbocycles. The number of hydrogen-bond donors (Lipinski definition) is 3. The molecule has 0 bridgehead atoms.